The number of likely N-dealkylation sites (N-methyl/N-ethyl adjacent to an activating group) is 3. The molecule has 2 rings (SSSR count). The first-order chi connectivity index (χ1) is 24.4. The van der Waals surface area contributed by atoms with Crippen molar-refractivity contribution in [3.05, 3.63) is 29.8 Å². The van der Waals surface area contributed by atoms with E-state index in [0.29, 0.717) is 25.2 Å². The van der Waals surface area contributed by atoms with E-state index < -0.39 is 30.2 Å². The summed E-state index contributed by atoms with van der Waals surface area (Å²) in [4.78, 5) is 62.6. The number of nitrogens with one attached hydrogen (secondary N) is 1. The van der Waals surface area contributed by atoms with Crippen LogP contribution in [0.3, 0.4) is 0 Å². The number of likely N-dealkylation sites (tertiary alicyclic amines) is 1. The molecule has 0 aromatic heterocycles. The molecule has 1 saturated heterocycles. The van der Waals surface area contributed by atoms with Crippen molar-refractivity contribution in [2.75, 3.05) is 61.2 Å². The summed E-state index contributed by atoms with van der Waals surface area (Å²) in [6.07, 6.45) is 1.97. The van der Waals surface area contributed by atoms with E-state index in [0.717, 1.165) is 24.8 Å². The van der Waals surface area contributed by atoms with Crippen LogP contribution < -0.4 is 11.1 Å². The van der Waals surface area contributed by atoms with Crippen molar-refractivity contribution in [3.8, 4) is 0 Å². The molecule has 52 heavy (non-hydrogen) atoms. The molecule has 0 spiro atoms. The molecule has 1 aromatic rings. The fraction of sp³-hybridized carbons (Fsp3) is 0.750. The minimum atomic E-state index is -0.743. The van der Waals surface area contributed by atoms with Gasteiger partial charge in [-0.1, -0.05) is 67.0 Å². The Balaban J connectivity index is 2.24. The first kappa shape index (κ1) is 44.9. The summed E-state index contributed by atoms with van der Waals surface area (Å²) in [7, 11) is 10.5. The van der Waals surface area contributed by atoms with Crippen molar-refractivity contribution in [3.63, 3.8) is 0 Å². The van der Waals surface area contributed by atoms with E-state index in [-0.39, 0.29) is 59.9 Å². The maximum Gasteiger partial charge on any atom is 0.245 e. The van der Waals surface area contributed by atoms with Gasteiger partial charge in [-0.25, -0.2) is 0 Å². The maximum atomic E-state index is 14.2. The third kappa shape index (κ3) is 11.6. The van der Waals surface area contributed by atoms with Gasteiger partial charge in [0, 0.05) is 47.1 Å². The quantitative estimate of drug-likeness (QED) is 0.193. The number of benzene rings is 1. The monoisotopic (exact) mass is 731 g/mol. The molecule has 3 unspecified atom stereocenters. The normalized spacial score (nSPS) is 18.8. The summed E-state index contributed by atoms with van der Waals surface area (Å²) in [6.45, 7) is 14.9. The van der Waals surface area contributed by atoms with Crippen LogP contribution in [0.5, 0.6) is 0 Å². The molecule has 1 aliphatic rings. The molecular weight excluding hydrogens is 660 g/mol. The minimum absolute atomic E-state index is 0.00271. The van der Waals surface area contributed by atoms with E-state index in [4.69, 9.17) is 15.2 Å². The molecule has 1 aliphatic heterocycles. The second kappa shape index (κ2) is 20.9. The van der Waals surface area contributed by atoms with Gasteiger partial charge >= 0.3 is 0 Å². The zero-order valence-electron chi connectivity index (χ0n) is 34.3. The summed E-state index contributed by atoms with van der Waals surface area (Å²) in [5.74, 6) is -1.10. The SMILES string of the molecule is CC[C@H](C)[C@@H]([C@@H](CC(=O)N1CCCC1[C@H](OC)[C@@H](C)C(=O)N(C)CCc1ccc(N)cc1)OC)N(C)C(=O)C(NC(=O)C(C(C)C)N(C)C)C(C)C. The molecule has 0 saturated carbocycles. The Bertz CT molecular complexity index is 1280. The number of nitrogens with two attached hydrogens (primary N) is 1. The number of rotatable bonds is 20. The number of nitrogens with zero attached hydrogens (tertiary/aromatic N) is 4. The Kier molecular flexibility index (Phi) is 18.0. The largest absolute Gasteiger partial charge is 0.399 e. The van der Waals surface area contributed by atoms with Crippen LogP contribution in [0.4, 0.5) is 5.69 Å². The molecule has 1 aromatic carbocycles. The summed E-state index contributed by atoms with van der Waals surface area (Å²) in [5.41, 5.74) is 7.62. The number of hydrogen-bond donors (Lipinski definition) is 2. The molecule has 12 nitrogen and oxygen atoms in total. The zero-order valence-corrected chi connectivity index (χ0v) is 34.3. The smallest absolute Gasteiger partial charge is 0.245 e. The average Bonchev–Trinajstić information content (AvgIpc) is 3.58. The van der Waals surface area contributed by atoms with Crippen molar-refractivity contribution in [1.29, 1.82) is 0 Å². The molecule has 0 aliphatic carbocycles. The second-order valence-electron chi connectivity index (χ2n) is 15.7. The number of ether oxygens (including phenoxy) is 2. The maximum absolute atomic E-state index is 14.2. The van der Waals surface area contributed by atoms with Crippen molar-refractivity contribution in [2.24, 2.45) is 23.7 Å². The van der Waals surface area contributed by atoms with Crippen LogP contribution in [0.15, 0.2) is 24.3 Å². The Hall–Kier alpha value is -3.22. The van der Waals surface area contributed by atoms with E-state index in [1.807, 2.05) is 82.8 Å². The highest BCUT2D eigenvalue weighted by Crippen LogP contribution is 2.30. The van der Waals surface area contributed by atoms with Crippen molar-refractivity contribution in [1.82, 2.24) is 24.9 Å². The number of anilines is 1. The van der Waals surface area contributed by atoms with E-state index in [1.165, 1.54) is 0 Å². The van der Waals surface area contributed by atoms with Gasteiger partial charge in [-0.3, -0.25) is 24.1 Å². The van der Waals surface area contributed by atoms with Gasteiger partial charge in [-0.2, -0.15) is 0 Å². The topological polar surface area (TPSA) is 138 Å². The van der Waals surface area contributed by atoms with Gasteiger partial charge < -0.3 is 35.2 Å². The number of carbonyl (C=O) groups is 4. The first-order valence-electron chi connectivity index (χ1n) is 19.1. The molecule has 8 atom stereocenters. The van der Waals surface area contributed by atoms with Crippen LogP contribution in [-0.2, 0) is 35.1 Å². The molecule has 12 heteroatoms. The molecule has 4 amide bonds. The number of hydrogen-bond acceptors (Lipinski definition) is 8. The number of nitrogen functional groups attached to an aromatic ring is 1. The van der Waals surface area contributed by atoms with Crippen LogP contribution in [-0.4, -0.2) is 135 Å². The third-order valence-corrected chi connectivity index (χ3v) is 11.0. The highest BCUT2D eigenvalue weighted by Gasteiger charge is 2.43. The Morgan fingerprint density at radius 3 is 2.04 bits per heavy atom. The third-order valence-electron chi connectivity index (χ3n) is 11.0. The zero-order chi connectivity index (χ0) is 39.4. The number of methoxy groups -OCH3 is 2. The molecular formula is C40H70N6O6. The van der Waals surface area contributed by atoms with Crippen molar-refractivity contribution < 1.29 is 28.7 Å². The highest BCUT2D eigenvalue weighted by atomic mass is 16.5. The fourth-order valence-corrected chi connectivity index (χ4v) is 7.84. The van der Waals surface area contributed by atoms with Crippen LogP contribution in [0.25, 0.3) is 0 Å². The van der Waals surface area contributed by atoms with E-state index in [1.54, 1.807) is 38.1 Å². The van der Waals surface area contributed by atoms with Crippen LogP contribution in [0.1, 0.15) is 79.7 Å². The molecule has 0 bridgehead atoms. The fourth-order valence-electron chi connectivity index (χ4n) is 7.84. The van der Waals surface area contributed by atoms with Gasteiger partial charge in [-0.05, 0) is 68.8 Å². The highest BCUT2D eigenvalue weighted by molar-refractivity contribution is 5.90. The summed E-state index contributed by atoms with van der Waals surface area (Å²) in [6, 6.07) is 5.84. The van der Waals surface area contributed by atoms with Gasteiger partial charge in [0.05, 0.1) is 42.7 Å². The van der Waals surface area contributed by atoms with Gasteiger partial charge in [0.1, 0.15) is 6.04 Å². The number of carbonyl (C=O) groups excluding carboxylic acids is 4. The van der Waals surface area contributed by atoms with Gasteiger partial charge in [0.25, 0.3) is 0 Å². The van der Waals surface area contributed by atoms with Crippen LogP contribution in [0, 0.1) is 23.7 Å². The van der Waals surface area contributed by atoms with Crippen molar-refractivity contribution in [2.45, 2.75) is 117 Å². The van der Waals surface area contributed by atoms with Crippen molar-refractivity contribution >= 4 is 29.3 Å². The molecule has 1 fully saturated rings. The molecule has 3 N–H and O–H groups in total. The molecule has 1 heterocycles. The van der Waals surface area contributed by atoms with Gasteiger partial charge in [-0.15, -0.1) is 0 Å². The van der Waals surface area contributed by atoms with Crippen LogP contribution in [0.2, 0.25) is 0 Å². The Morgan fingerprint density at radius 1 is 0.923 bits per heavy atom. The molecule has 0 radical (unpaired) electrons. The Morgan fingerprint density at radius 2 is 1.54 bits per heavy atom. The Labute approximate surface area is 314 Å². The van der Waals surface area contributed by atoms with Gasteiger partial charge in [0.2, 0.25) is 23.6 Å². The lowest BCUT2D eigenvalue weighted by Gasteiger charge is -2.41. The van der Waals surface area contributed by atoms with E-state index >= 15 is 0 Å². The van der Waals surface area contributed by atoms with E-state index in [9.17, 15) is 19.2 Å². The van der Waals surface area contributed by atoms with Crippen LogP contribution >= 0.6 is 0 Å². The molecule has 296 valence electrons. The minimum Gasteiger partial charge on any atom is -0.399 e. The predicted octanol–water partition coefficient (Wildman–Crippen LogP) is 3.92. The number of amides is 4. The second-order valence-corrected chi connectivity index (χ2v) is 15.7. The first-order valence-corrected chi connectivity index (χ1v) is 19.1. The lowest BCUT2D eigenvalue weighted by molar-refractivity contribution is -0.149. The van der Waals surface area contributed by atoms with Gasteiger partial charge in [0.15, 0.2) is 0 Å². The summed E-state index contributed by atoms with van der Waals surface area (Å²) in [5, 5.41) is 3.05. The predicted molar refractivity (Wildman–Crippen MR) is 207 cm³/mol. The lowest BCUT2D eigenvalue weighted by atomic mass is 9.89. The lowest BCUT2D eigenvalue weighted by Crippen LogP contribution is -2.59. The standard InChI is InChI=1S/C40H70N6O6/c1-14-27(6)36(45(11)40(50)34(25(2)3)42-38(48)35(26(4)5)43(8)9)32(51-12)24-33(47)46-22-15-16-31(46)37(52-13)28(7)39(49)44(10)23-21-29-17-19-30(41)20-18-29/h17-20,25-28,31-32,34-37H,14-16,21-24,41H2,1-13H3,(H,42,48)/t27-,28+,31?,32+,34?,35?,36-,37+/m0/s1. The average molecular weight is 731 g/mol. The summed E-state index contributed by atoms with van der Waals surface area (Å²) < 4.78 is 12.0. The summed E-state index contributed by atoms with van der Waals surface area (Å²) >= 11 is 0. The van der Waals surface area contributed by atoms with E-state index in [2.05, 4.69) is 19.2 Å².